The van der Waals surface area contributed by atoms with Crippen molar-refractivity contribution in [2.45, 2.75) is 37.3 Å². The summed E-state index contributed by atoms with van der Waals surface area (Å²) in [5.74, 6) is -5.17. The maximum absolute atomic E-state index is 14.1. The quantitative estimate of drug-likeness (QED) is 0.377. The molecule has 0 radical (unpaired) electrons. The van der Waals surface area contributed by atoms with Crippen molar-refractivity contribution in [1.82, 2.24) is 19.1 Å². The van der Waals surface area contributed by atoms with Crippen molar-refractivity contribution in [3.63, 3.8) is 0 Å². The van der Waals surface area contributed by atoms with Crippen molar-refractivity contribution < 1.29 is 33.4 Å². The van der Waals surface area contributed by atoms with E-state index in [1.807, 2.05) is 0 Å². The Morgan fingerprint density at radius 2 is 2.17 bits per heavy atom. The number of ether oxygens (including phenoxy) is 1. The van der Waals surface area contributed by atoms with E-state index in [2.05, 4.69) is 15.3 Å². The number of carbonyl (C=O) groups is 1. The van der Waals surface area contributed by atoms with Crippen LogP contribution in [0.15, 0.2) is 29.5 Å². The third-order valence-corrected chi connectivity index (χ3v) is 4.35. The molecule has 30 heavy (non-hydrogen) atoms. The molecule has 0 spiro atoms. The number of aryl methyl sites for hydroxylation is 1. The Kier molecular flexibility index (Phi) is 5.86. The number of nitro groups is 1. The molecule has 1 saturated heterocycles. The van der Waals surface area contributed by atoms with E-state index in [1.54, 1.807) is 0 Å². The second-order valence-electron chi connectivity index (χ2n) is 6.31. The van der Waals surface area contributed by atoms with Gasteiger partial charge in [-0.1, -0.05) is 4.98 Å². The summed E-state index contributed by atoms with van der Waals surface area (Å²) in [6.07, 6.45) is -2.87. The smallest absolute Gasteiger partial charge is 0.394 e. The van der Waals surface area contributed by atoms with Crippen LogP contribution in [-0.2, 0) is 16.1 Å². The molecule has 13 nitrogen and oxygen atoms in total. The van der Waals surface area contributed by atoms with E-state index in [0.29, 0.717) is 4.57 Å². The molecule has 1 unspecified atom stereocenters. The third-order valence-electron chi connectivity index (χ3n) is 4.35. The minimum atomic E-state index is -3.86. The Balaban J connectivity index is 1.67. The number of imidazole rings is 1. The topological polar surface area (TPSA) is 175 Å². The molecule has 15 heteroatoms. The van der Waals surface area contributed by atoms with Gasteiger partial charge in [-0.15, -0.1) is 0 Å². The normalized spacial score (nSPS) is 22.7. The van der Waals surface area contributed by atoms with Crippen LogP contribution < -0.4 is 11.0 Å². The van der Waals surface area contributed by atoms with Crippen LogP contribution in [0, 0.1) is 10.1 Å². The minimum Gasteiger partial charge on any atom is -0.394 e. The average Bonchev–Trinajstić information content (AvgIpc) is 3.24. The van der Waals surface area contributed by atoms with Gasteiger partial charge in [-0.3, -0.25) is 9.36 Å². The molecule has 1 amide bonds. The van der Waals surface area contributed by atoms with Crippen LogP contribution in [0.2, 0.25) is 0 Å². The Labute approximate surface area is 165 Å². The molecule has 162 valence electrons. The zero-order valence-corrected chi connectivity index (χ0v) is 15.1. The highest BCUT2D eigenvalue weighted by atomic mass is 19.3. The molecule has 3 rings (SSSR count). The van der Waals surface area contributed by atoms with Crippen molar-refractivity contribution in [1.29, 1.82) is 0 Å². The fourth-order valence-corrected chi connectivity index (χ4v) is 2.85. The molecule has 3 heterocycles. The van der Waals surface area contributed by atoms with Crippen molar-refractivity contribution in [3.8, 4) is 0 Å². The van der Waals surface area contributed by atoms with E-state index in [1.165, 1.54) is 12.4 Å². The standard InChI is InChI=1S/C15H16F2N6O7/c16-15(17)11(26)8(7-24)30-12(15)22-5-1-9(20-14(22)27)19-10(25)2-4-21-6-3-18-13(21)23(28)29/h1,3,5-6,8,11-12,24,26H,2,4,7H2,(H,19,20,25,27)/t8-,11?,12-/m1/s1. The predicted molar refractivity (Wildman–Crippen MR) is 92.6 cm³/mol. The molecule has 1 aliphatic rings. The number of hydrogen-bond acceptors (Lipinski definition) is 9. The number of anilines is 1. The number of rotatable bonds is 7. The monoisotopic (exact) mass is 430 g/mol. The largest absolute Gasteiger partial charge is 0.434 e. The Morgan fingerprint density at radius 1 is 1.43 bits per heavy atom. The molecule has 0 aromatic carbocycles. The fourth-order valence-electron chi connectivity index (χ4n) is 2.85. The van der Waals surface area contributed by atoms with E-state index in [0.717, 1.165) is 16.8 Å². The lowest BCUT2D eigenvalue weighted by Crippen LogP contribution is -2.41. The first-order valence-electron chi connectivity index (χ1n) is 8.52. The number of aliphatic hydroxyl groups excluding tert-OH is 2. The maximum atomic E-state index is 14.1. The summed E-state index contributed by atoms with van der Waals surface area (Å²) in [5, 5.41) is 31.6. The summed E-state index contributed by atoms with van der Waals surface area (Å²) >= 11 is 0. The lowest BCUT2D eigenvalue weighted by atomic mass is 10.1. The third kappa shape index (κ3) is 4.03. The summed E-state index contributed by atoms with van der Waals surface area (Å²) in [7, 11) is 0. The van der Waals surface area contributed by atoms with Gasteiger partial charge < -0.3 is 30.4 Å². The summed E-state index contributed by atoms with van der Waals surface area (Å²) in [6.45, 7) is -0.944. The first kappa shape index (κ1) is 21.4. The van der Waals surface area contributed by atoms with Gasteiger partial charge in [0.15, 0.2) is 6.10 Å². The van der Waals surface area contributed by atoms with Gasteiger partial charge >= 0.3 is 17.6 Å². The summed E-state index contributed by atoms with van der Waals surface area (Å²) in [6, 6.07) is 1.07. The van der Waals surface area contributed by atoms with Crippen LogP contribution in [0.4, 0.5) is 20.5 Å². The van der Waals surface area contributed by atoms with E-state index >= 15 is 0 Å². The van der Waals surface area contributed by atoms with E-state index < -0.39 is 53.4 Å². The van der Waals surface area contributed by atoms with Gasteiger partial charge in [0.1, 0.15) is 24.3 Å². The van der Waals surface area contributed by atoms with Gasteiger partial charge in [0.25, 0.3) is 0 Å². The second-order valence-corrected chi connectivity index (χ2v) is 6.31. The Bertz CT molecular complexity index is 1010. The Morgan fingerprint density at radius 3 is 2.77 bits per heavy atom. The number of hydrogen-bond donors (Lipinski definition) is 3. The van der Waals surface area contributed by atoms with E-state index in [4.69, 9.17) is 9.84 Å². The average molecular weight is 430 g/mol. The number of carbonyl (C=O) groups excluding carboxylic acids is 1. The molecule has 2 aromatic rings. The molecule has 0 bridgehead atoms. The predicted octanol–water partition coefficient (Wildman–Crippen LogP) is -0.737. The minimum absolute atomic E-state index is 0.0677. The molecule has 0 saturated carbocycles. The van der Waals surface area contributed by atoms with Gasteiger partial charge in [0, 0.05) is 6.20 Å². The molecule has 3 N–H and O–H groups in total. The SMILES string of the molecule is O=C(CCn1ccnc1[N+](=O)[O-])Nc1ccn([C@@H]2O[C@H](CO)C(O)C2(F)F)c(=O)n1. The second kappa shape index (κ2) is 8.21. The molecule has 2 aromatic heterocycles. The van der Waals surface area contributed by atoms with Crippen LogP contribution in [0.3, 0.4) is 0 Å². The molecule has 1 aliphatic heterocycles. The van der Waals surface area contributed by atoms with Crippen molar-refractivity contribution in [3.05, 3.63) is 45.3 Å². The molecule has 1 fully saturated rings. The van der Waals surface area contributed by atoms with Gasteiger partial charge in [-0.05, 0) is 11.0 Å². The van der Waals surface area contributed by atoms with E-state index in [-0.39, 0.29) is 18.8 Å². The van der Waals surface area contributed by atoms with Crippen molar-refractivity contribution >= 4 is 17.7 Å². The van der Waals surface area contributed by atoms with Crippen molar-refractivity contribution in [2.75, 3.05) is 11.9 Å². The van der Waals surface area contributed by atoms with Gasteiger partial charge in [0.05, 0.1) is 19.6 Å². The zero-order chi connectivity index (χ0) is 22.1. The van der Waals surface area contributed by atoms with Crippen LogP contribution in [0.1, 0.15) is 12.6 Å². The van der Waals surface area contributed by atoms with Gasteiger partial charge in [-0.25, -0.2) is 9.36 Å². The maximum Gasteiger partial charge on any atom is 0.434 e. The summed E-state index contributed by atoms with van der Waals surface area (Å²) < 4.78 is 34.7. The number of amides is 1. The van der Waals surface area contributed by atoms with Gasteiger partial charge in [0.2, 0.25) is 12.1 Å². The van der Waals surface area contributed by atoms with Gasteiger partial charge in [-0.2, -0.15) is 13.8 Å². The Hall–Kier alpha value is -3.30. The number of alkyl halides is 2. The number of aromatic nitrogens is 4. The van der Waals surface area contributed by atoms with Crippen LogP contribution in [-0.4, -0.2) is 64.9 Å². The molecular weight excluding hydrogens is 414 g/mol. The molecule has 0 aliphatic carbocycles. The highest BCUT2D eigenvalue weighted by molar-refractivity contribution is 5.89. The lowest BCUT2D eigenvalue weighted by Gasteiger charge is -2.21. The molecule has 3 atom stereocenters. The summed E-state index contributed by atoms with van der Waals surface area (Å²) in [5.41, 5.74) is -1.19. The highest BCUT2D eigenvalue weighted by Gasteiger charge is 2.59. The van der Waals surface area contributed by atoms with Crippen LogP contribution in [0.5, 0.6) is 0 Å². The number of nitrogens with zero attached hydrogens (tertiary/aromatic N) is 5. The molecular formula is C15H16F2N6O7. The summed E-state index contributed by atoms with van der Waals surface area (Å²) in [4.78, 5) is 41.2. The first-order chi connectivity index (χ1) is 14.1. The number of nitrogens with one attached hydrogen (secondary N) is 1. The lowest BCUT2D eigenvalue weighted by molar-refractivity contribution is -0.396. The number of aliphatic hydroxyl groups is 2. The number of halogens is 2. The highest BCUT2D eigenvalue weighted by Crippen LogP contribution is 2.41. The van der Waals surface area contributed by atoms with Crippen molar-refractivity contribution in [2.24, 2.45) is 0 Å². The van der Waals surface area contributed by atoms with Crippen LogP contribution in [0.25, 0.3) is 0 Å². The van der Waals surface area contributed by atoms with E-state index in [9.17, 15) is 33.6 Å². The first-order valence-corrected chi connectivity index (χ1v) is 8.52. The van der Waals surface area contributed by atoms with Crippen LogP contribution >= 0.6 is 0 Å². The zero-order valence-electron chi connectivity index (χ0n) is 15.1. The fraction of sp³-hybridized carbons (Fsp3) is 0.467.